The van der Waals surface area contributed by atoms with Crippen molar-refractivity contribution in [2.24, 2.45) is 5.41 Å². The first-order chi connectivity index (χ1) is 8.54. The fraction of sp³-hybridized carbons (Fsp3) is 0.429. The summed E-state index contributed by atoms with van der Waals surface area (Å²) in [6, 6.07) is 7.68. The molecule has 1 aromatic rings. The van der Waals surface area contributed by atoms with Crippen LogP contribution >= 0.6 is 0 Å². The third kappa shape index (κ3) is 2.29. The van der Waals surface area contributed by atoms with Crippen LogP contribution in [0.15, 0.2) is 24.3 Å². The van der Waals surface area contributed by atoms with Crippen molar-refractivity contribution in [3.8, 4) is 0 Å². The minimum absolute atomic E-state index is 0.151. The molecule has 2 N–H and O–H groups in total. The average Bonchev–Trinajstić information content (AvgIpc) is 2.32. The zero-order valence-electron chi connectivity index (χ0n) is 10.4. The molecule has 2 rings (SSSR count). The SMILES string of the molecule is Cc1cccc(CC2(C(=O)O)CCNCC2=O)c1. The van der Waals surface area contributed by atoms with Crippen LogP contribution in [0.2, 0.25) is 0 Å². The van der Waals surface area contributed by atoms with Crippen molar-refractivity contribution in [2.45, 2.75) is 19.8 Å². The second-order valence-electron chi connectivity index (χ2n) is 4.90. The predicted molar refractivity (Wildman–Crippen MR) is 67.4 cm³/mol. The number of rotatable bonds is 3. The number of aliphatic carboxylic acids is 1. The lowest BCUT2D eigenvalue weighted by atomic mass is 9.73. The molecule has 1 fully saturated rings. The van der Waals surface area contributed by atoms with Crippen LogP contribution in [0.25, 0.3) is 0 Å². The molecule has 0 saturated carbocycles. The highest BCUT2D eigenvalue weighted by Crippen LogP contribution is 2.31. The zero-order valence-corrected chi connectivity index (χ0v) is 10.4. The summed E-state index contributed by atoms with van der Waals surface area (Å²) in [7, 11) is 0. The standard InChI is InChI=1S/C14H17NO3/c1-10-3-2-4-11(7-10)8-14(13(17)18)5-6-15-9-12(14)16/h2-4,7,15H,5-6,8-9H2,1H3,(H,17,18). The summed E-state index contributed by atoms with van der Waals surface area (Å²) < 4.78 is 0. The Morgan fingerprint density at radius 3 is 2.89 bits per heavy atom. The van der Waals surface area contributed by atoms with Gasteiger partial charge in [-0.25, -0.2) is 0 Å². The summed E-state index contributed by atoms with van der Waals surface area (Å²) in [5, 5.41) is 12.4. The lowest BCUT2D eigenvalue weighted by Gasteiger charge is -2.32. The van der Waals surface area contributed by atoms with E-state index in [-0.39, 0.29) is 18.7 Å². The van der Waals surface area contributed by atoms with Crippen LogP contribution in [-0.4, -0.2) is 29.9 Å². The number of hydrogen-bond donors (Lipinski definition) is 2. The lowest BCUT2D eigenvalue weighted by Crippen LogP contribution is -2.51. The molecule has 18 heavy (non-hydrogen) atoms. The monoisotopic (exact) mass is 247 g/mol. The first kappa shape index (κ1) is 12.8. The molecular formula is C14H17NO3. The van der Waals surface area contributed by atoms with Crippen LogP contribution in [-0.2, 0) is 16.0 Å². The molecular weight excluding hydrogens is 230 g/mol. The van der Waals surface area contributed by atoms with Gasteiger partial charge < -0.3 is 10.4 Å². The Hall–Kier alpha value is -1.68. The Morgan fingerprint density at radius 1 is 1.50 bits per heavy atom. The summed E-state index contributed by atoms with van der Waals surface area (Å²) in [6.07, 6.45) is 0.639. The van der Waals surface area contributed by atoms with Crippen molar-refractivity contribution in [3.05, 3.63) is 35.4 Å². The van der Waals surface area contributed by atoms with Crippen LogP contribution in [0.5, 0.6) is 0 Å². The quantitative estimate of drug-likeness (QED) is 0.787. The highest BCUT2D eigenvalue weighted by molar-refractivity contribution is 6.04. The molecule has 1 saturated heterocycles. The normalized spacial score (nSPS) is 23.9. The smallest absolute Gasteiger partial charge is 0.317 e. The summed E-state index contributed by atoms with van der Waals surface area (Å²) in [6.45, 7) is 2.68. The summed E-state index contributed by atoms with van der Waals surface area (Å²) in [5.74, 6) is -1.22. The summed E-state index contributed by atoms with van der Waals surface area (Å²) in [4.78, 5) is 23.5. The van der Waals surface area contributed by atoms with Gasteiger partial charge in [-0.15, -0.1) is 0 Å². The van der Waals surface area contributed by atoms with Gasteiger partial charge in [0.05, 0.1) is 6.54 Å². The molecule has 0 radical (unpaired) electrons. The predicted octanol–water partition coefficient (Wildman–Crippen LogP) is 1.17. The van der Waals surface area contributed by atoms with Gasteiger partial charge in [0.15, 0.2) is 5.78 Å². The average molecular weight is 247 g/mol. The Morgan fingerprint density at radius 2 is 2.28 bits per heavy atom. The van der Waals surface area contributed by atoms with E-state index in [1.165, 1.54) is 0 Å². The van der Waals surface area contributed by atoms with E-state index in [0.717, 1.165) is 11.1 Å². The van der Waals surface area contributed by atoms with Gasteiger partial charge in [0.1, 0.15) is 5.41 Å². The van der Waals surface area contributed by atoms with E-state index in [2.05, 4.69) is 5.32 Å². The molecule has 1 aliphatic heterocycles. The van der Waals surface area contributed by atoms with Gasteiger partial charge in [0.25, 0.3) is 0 Å². The first-order valence-corrected chi connectivity index (χ1v) is 6.07. The van der Waals surface area contributed by atoms with E-state index in [9.17, 15) is 14.7 Å². The molecule has 4 nitrogen and oxygen atoms in total. The number of aryl methyl sites for hydroxylation is 1. The Labute approximate surface area is 106 Å². The Balaban J connectivity index is 2.31. The van der Waals surface area contributed by atoms with Crippen LogP contribution in [0, 0.1) is 12.3 Å². The molecule has 1 atom stereocenters. The van der Waals surface area contributed by atoms with Crippen molar-refractivity contribution in [1.29, 1.82) is 0 Å². The summed E-state index contributed by atoms with van der Waals surface area (Å²) >= 11 is 0. The molecule has 0 bridgehead atoms. The van der Waals surface area contributed by atoms with Gasteiger partial charge in [-0.05, 0) is 31.9 Å². The van der Waals surface area contributed by atoms with E-state index < -0.39 is 11.4 Å². The van der Waals surface area contributed by atoms with Gasteiger partial charge in [-0.2, -0.15) is 0 Å². The van der Waals surface area contributed by atoms with Gasteiger partial charge in [-0.1, -0.05) is 29.8 Å². The highest BCUT2D eigenvalue weighted by atomic mass is 16.4. The number of hydrogen-bond acceptors (Lipinski definition) is 3. The second-order valence-corrected chi connectivity index (χ2v) is 4.90. The van der Waals surface area contributed by atoms with Crippen LogP contribution in [0.4, 0.5) is 0 Å². The molecule has 96 valence electrons. The van der Waals surface area contributed by atoms with E-state index in [1.807, 2.05) is 31.2 Å². The lowest BCUT2D eigenvalue weighted by molar-refractivity contribution is -0.156. The zero-order chi connectivity index (χ0) is 13.2. The number of Topliss-reactive ketones (excluding diaryl/α,β-unsaturated/α-hetero) is 1. The molecule has 1 aromatic carbocycles. The summed E-state index contributed by atoms with van der Waals surface area (Å²) in [5.41, 5.74) is 0.737. The van der Waals surface area contributed by atoms with Crippen LogP contribution in [0.1, 0.15) is 17.5 Å². The Kier molecular flexibility index (Phi) is 3.48. The minimum Gasteiger partial charge on any atom is -0.480 e. The highest BCUT2D eigenvalue weighted by Gasteiger charge is 2.46. The van der Waals surface area contributed by atoms with Crippen molar-refractivity contribution in [1.82, 2.24) is 5.32 Å². The maximum Gasteiger partial charge on any atom is 0.317 e. The van der Waals surface area contributed by atoms with Crippen molar-refractivity contribution in [3.63, 3.8) is 0 Å². The minimum atomic E-state index is -1.25. The molecule has 0 spiro atoms. The number of ketones is 1. The molecule has 1 unspecified atom stereocenters. The Bertz CT molecular complexity index is 484. The van der Waals surface area contributed by atoms with Crippen LogP contribution < -0.4 is 5.32 Å². The van der Waals surface area contributed by atoms with Gasteiger partial charge in [0.2, 0.25) is 0 Å². The van der Waals surface area contributed by atoms with Gasteiger partial charge in [0, 0.05) is 0 Å². The number of piperidine rings is 1. The molecule has 0 amide bonds. The van der Waals surface area contributed by atoms with Gasteiger partial charge in [-0.3, -0.25) is 9.59 Å². The van der Waals surface area contributed by atoms with Crippen molar-refractivity contribution >= 4 is 11.8 Å². The number of carbonyl (C=O) groups excluding carboxylic acids is 1. The number of carboxylic acid groups (broad SMARTS) is 1. The first-order valence-electron chi connectivity index (χ1n) is 6.07. The van der Waals surface area contributed by atoms with E-state index in [4.69, 9.17) is 0 Å². The maximum atomic E-state index is 12.0. The second kappa shape index (κ2) is 4.90. The molecule has 0 aliphatic carbocycles. The van der Waals surface area contributed by atoms with Crippen molar-refractivity contribution in [2.75, 3.05) is 13.1 Å². The fourth-order valence-corrected chi connectivity index (χ4v) is 2.47. The van der Waals surface area contributed by atoms with Crippen LogP contribution in [0.3, 0.4) is 0 Å². The molecule has 1 heterocycles. The van der Waals surface area contributed by atoms with E-state index >= 15 is 0 Å². The van der Waals surface area contributed by atoms with Crippen molar-refractivity contribution < 1.29 is 14.7 Å². The number of benzene rings is 1. The topological polar surface area (TPSA) is 66.4 Å². The number of carbonyl (C=O) groups is 2. The number of nitrogens with one attached hydrogen (secondary N) is 1. The van der Waals surface area contributed by atoms with E-state index in [1.54, 1.807) is 0 Å². The molecule has 4 heteroatoms. The molecule has 1 aliphatic rings. The third-order valence-corrected chi connectivity index (χ3v) is 3.55. The number of carboxylic acids is 1. The molecule has 0 aromatic heterocycles. The largest absolute Gasteiger partial charge is 0.480 e. The third-order valence-electron chi connectivity index (χ3n) is 3.55. The van der Waals surface area contributed by atoms with Gasteiger partial charge >= 0.3 is 5.97 Å². The maximum absolute atomic E-state index is 12.0. The fourth-order valence-electron chi connectivity index (χ4n) is 2.47. The van der Waals surface area contributed by atoms with E-state index in [0.29, 0.717) is 13.0 Å².